The van der Waals surface area contributed by atoms with Gasteiger partial charge in [-0.2, -0.15) is 0 Å². The van der Waals surface area contributed by atoms with Crippen molar-refractivity contribution in [3.8, 4) is 0 Å². The van der Waals surface area contributed by atoms with Crippen LogP contribution in [0.25, 0.3) is 5.57 Å². The summed E-state index contributed by atoms with van der Waals surface area (Å²) in [5.74, 6) is 0.0974. The van der Waals surface area contributed by atoms with E-state index in [0.717, 1.165) is 16.7 Å². The fraction of sp³-hybridized carbons (Fsp3) is 0.346. The normalized spacial score (nSPS) is 17.9. The molecule has 178 valence electrons. The predicted molar refractivity (Wildman–Crippen MR) is 137 cm³/mol. The van der Waals surface area contributed by atoms with E-state index in [-0.39, 0.29) is 11.8 Å². The van der Waals surface area contributed by atoms with Gasteiger partial charge in [-0.3, -0.25) is 14.6 Å². The van der Waals surface area contributed by atoms with Gasteiger partial charge in [-0.1, -0.05) is 35.3 Å². The Morgan fingerprint density at radius 1 is 1.06 bits per heavy atom. The summed E-state index contributed by atoms with van der Waals surface area (Å²) in [5.41, 5.74) is 2.97. The molecule has 0 aromatic heterocycles. The van der Waals surface area contributed by atoms with E-state index in [4.69, 9.17) is 23.2 Å². The van der Waals surface area contributed by atoms with Crippen molar-refractivity contribution in [1.29, 1.82) is 0 Å². The summed E-state index contributed by atoms with van der Waals surface area (Å²) in [6, 6.07) is 12.9. The third-order valence-corrected chi connectivity index (χ3v) is 6.93. The highest BCUT2D eigenvalue weighted by atomic mass is 35.5. The molecule has 0 aliphatic carbocycles. The molecule has 1 saturated heterocycles. The Labute approximate surface area is 210 Å². The molecule has 0 atom stereocenters. The molecule has 8 heteroatoms. The maximum Gasteiger partial charge on any atom is 0.289 e. The van der Waals surface area contributed by atoms with Gasteiger partial charge in [0.25, 0.3) is 11.8 Å². The van der Waals surface area contributed by atoms with Gasteiger partial charge in [0.05, 0.1) is 5.54 Å². The number of amidine groups is 1. The second kappa shape index (κ2) is 9.80. The molecule has 0 bridgehead atoms. The third kappa shape index (κ3) is 5.13. The van der Waals surface area contributed by atoms with Crippen molar-refractivity contribution in [3.63, 3.8) is 0 Å². The standard InChI is InChI=1S/C26H28Cl2N4O2/c1-17-13-19(7-8-22(17)28)24(33)31-11-12-32(26(2,3)16-31)25(34)23-29-10-9-20(15-30-23)18-5-4-6-21(27)14-18/h4-8,13-15H,9-12,16H2,1-3H3,(H,29,30). The summed E-state index contributed by atoms with van der Waals surface area (Å²) in [5, 5.41) is 4.42. The van der Waals surface area contributed by atoms with Gasteiger partial charge in [0.15, 0.2) is 5.84 Å². The van der Waals surface area contributed by atoms with Crippen LogP contribution in [0.2, 0.25) is 10.0 Å². The van der Waals surface area contributed by atoms with Crippen LogP contribution >= 0.6 is 23.2 Å². The van der Waals surface area contributed by atoms with Gasteiger partial charge in [-0.25, -0.2) is 0 Å². The van der Waals surface area contributed by atoms with Crippen LogP contribution in [0.1, 0.15) is 41.8 Å². The first-order valence-electron chi connectivity index (χ1n) is 11.3. The van der Waals surface area contributed by atoms with Crippen molar-refractivity contribution in [2.24, 2.45) is 4.99 Å². The van der Waals surface area contributed by atoms with Crippen LogP contribution in [0.5, 0.6) is 0 Å². The summed E-state index contributed by atoms with van der Waals surface area (Å²) in [7, 11) is 0. The van der Waals surface area contributed by atoms with Crippen molar-refractivity contribution in [2.75, 3.05) is 26.2 Å². The zero-order valence-electron chi connectivity index (χ0n) is 19.6. The zero-order valence-corrected chi connectivity index (χ0v) is 21.1. The van der Waals surface area contributed by atoms with E-state index in [2.05, 4.69) is 10.3 Å². The van der Waals surface area contributed by atoms with E-state index < -0.39 is 5.54 Å². The van der Waals surface area contributed by atoms with Crippen molar-refractivity contribution in [1.82, 2.24) is 15.1 Å². The van der Waals surface area contributed by atoms with Crippen LogP contribution in [0.15, 0.2) is 53.7 Å². The molecule has 0 unspecified atom stereocenters. The molecule has 2 aromatic carbocycles. The topological polar surface area (TPSA) is 65.0 Å². The number of hydrogen-bond acceptors (Lipinski definition) is 4. The van der Waals surface area contributed by atoms with Gasteiger partial charge in [0.2, 0.25) is 0 Å². The van der Waals surface area contributed by atoms with Crippen LogP contribution in [0.4, 0.5) is 0 Å². The molecule has 1 N–H and O–H groups in total. The Bertz CT molecular complexity index is 1190. The van der Waals surface area contributed by atoms with Crippen molar-refractivity contribution in [3.05, 3.63) is 75.4 Å². The summed E-state index contributed by atoms with van der Waals surface area (Å²) in [6.45, 7) is 7.63. The molecule has 0 radical (unpaired) electrons. The number of rotatable bonds is 3. The zero-order chi connectivity index (χ0) is 24.5. The molecule has 34 heavy (non-hydrogen) atoms. The number of aryl methyl sites for hydroxylation is 1. The number of carbonyl (C=O) groups is 2. The summed E-state index contributed by atoms with van der Waals surface area (Å²) < 4.78 is 0. The second-order valence-electron chi connectivity index (χ2n) is 9.26. The van der Waals surface area contributed by atoms with Crippen LogP contribution < -0.4 is 5.32 Å². The molecular weight excluding hydrogens is 471 g/mol. The van der Waals surface area contributed by atoms with E-state index in [0.29, 0.717) is 54.0 Å². The monoisotopic (exact) mass is 498 g/mol. The SMILES string of the molecule is Cc1cc(C(=O)N2CCN(C(=O)C3=NCCC(c4cccc(Cl)c4)=CN3)C(C)(C)C2)ccc1Cl. The molecule has 0 saturated carbocycles. The molecule has 2 aromatic rings. The van der Waals surface area contributed by atoms with Gasteiger partial charge in [-0.05, 0) is 74.2 Å². The number of piperazine rings is 1. The van der Waals surface area contributed by atoms with E-state index in [9.17, 15) is 9.59 Å². The lowest BCUT2D eigenvalue weighted by molar-refractivity contribution is -0.132. The molecule has 1 fully saturated rings. The number of carbonyl (C=O) groups excluding carboxylic acids is 2. The Kier molecular flexibility index (Phi) is 7.01. The quantitative estimate of drug-likeness (QED) is 0.660. The lowest BCUT2D eigenvalue weighted by Crippen LogP contribution is -2.63. The summed E-state index contributed by atoms with van der Waals surface area (Å²) >= 11 is 12.2. The van der Waals surface area contributed by atoms with Gasteiger partial charge in [-0.15, -0.1) is 0 Å². The van der Waals surface area contributed by atoms with Crippen molar-refractivity contribution < 1.29 is 9.59 Å². The number of nitrogens with zero attached hydrogens (tertiary/aromatic N) is 3. The fourth-order valence-electron chi connectivity index (χ4n) is 4.40. The Hall–Kier alpha value is -2.83. The minimum atomic E-state index is -0.553. The Morgan fingerprint density at radius 3 is 2.56 bits per heavy atom. The molecule has 6 nitrogen and oxygen atoms in total. The molecular formula is C26H28Cl2N4O2. The minimum absolute atomic E-state index is 0.0565. The van der Waals surface area contributed by atoms with E-state index >= 15 is 0 Å². The average molecular weight is 499 g/mol. The van der Waals surface area contributed by atoms with Crippen molar-refractivity contribution >= 4 is 46.4 Å². The van der Waals surface area contributed by atoms with Crippen LogP contribution in [0.3, 0.4) is 0 Å². The van der Waals surface area contributed by atoms with Gasteiger partial charge >= 0.3 is 0 Å². The number of nitrogens with one attached hydrogen (secondary N) is 1. The maximum absolute atomic E-state index is 13.4. The van der Waals surface area contributed by atoms with Crippen LogP contribution in [0, 0.1) is 6.92 Å². The van der Waals surface area contributed by atoms with Crippen LogP contribution in [-0.2, 0) is 4.79 Å². The van der Waals surface area contributed by atoms with Crippen molar-refractivity contribution in [2.45, 2.75) is 32.7 Å². The molecule has 2 aliphatic rings. The predicted octanol–water partition coefficient (Wildman–Crippen LogP) is 4.80. The lowest BCUT2D eigenvalue weighted by Gasteiger charge is -2.47. The second-order valence-corrected chi connectivity index (χ2v) is 10.1. The molecule has 2 aliphatic heterocycles. The first kappa shape index (κ1) is 24.3. The molecule has 0 spiro atoms. The largest absolute Gasteiger partial charge is 0.342 e. The number of benzene rings is 2. The van der Waals surface area contributed by atoms with E-state index in [1.807, 2.05) is 57.3 Å². The third-order valence-electron chi connectivity index (χ3n) is 6.27. The van der Waals surface area contributed by atoms with E-state index in [1.165, 1.54) is 0 Å². The maximum atomic E-state index is 13.4. The van der Waals surface area contributed by atoms with Crippen LogP contribution in [-0.4, -0.2) is 59.2 Å². The van der Waals surface area contributed by atoms with Gasteiger partial charge < -0.3 is 15.1 Å². The first-order valence-corrected chi connectivity index (χ1v) is 12.0. The Balaban J connectivity index is 1.45. The number of halogens is 2. The molecule has 2 heterocycles. The highest BCUT2D eigenvalue weighted by Gasteiger charge is 2.40. The summed E-state index contributed by atoms with van der Waals surface area (Å²) in [6.07, 6.45) is 2.54. The summed E-state index contributed by atoms with van der Waals surface area (Å²) in [4.78, 5) is 34.6. The smallest absolute Gasteiger partial charge is 0.289 e. The lowest BCUT2D eigenvalue weighted by atomic mass is 9.97. The van der Waals surface area contributed by atoms with Gasteiger partial charge in [0, 0.05) is 48.0 Å². The average Bonchev–Trinajstić information content (AvgIpc) is 3.06. The number of hydrogen-bond donors (Lipinski definition) is 1. The number of amides is 2. The van der Waals surface area contributed by atoms with E-state index in [1.54, 1.807) is 21.9 Å². The fourth-order valence-corrected chi connectivity index (χ4v) is 4.71. The molecule has 2 amide bonds. The highest BCUT2D eigenvalue weighted by Crippen LogP contribution is 2.26. The highest BCUT2D eigenvalue weighted by molar-refractivity contribution is 6.38. The Morgan fingerprint density at radius 2 is 1.85 bits per heavy atom. The number of aliphatic imine (C=N–C) groups is 1. The van der Waals surface area contributed by atoms with Gasteiger partial charge in [0.1, 0.15) is 0 Å². The molecule has 4 rings (SSSR count). The minimum Gasteiger partial charge on any atom is -0.342 e. The first-order chi connectivity index (χ1) is 16.2.